The Labute approximate surface area is 119 Å². The second-order valence-electron chi connectivity index (χ2n) is 6.03. The summed E-state index contributed by atoms with van der Waals surface area (Å²) in [5.41, 5.74) is 0. The molecule has 20 heavy (non-hydrogen) atoms. The van der Waals surface area contributed by atoms with Crippen LogP contribution in [0.5, 0.6) is 0 Å². The van der Waals surface area contributed by atoms with E-state index in [1.165, 1.54) is 0 Å². The van der Waals surface area contributed by atoms with E-state index < -0.39 is 5.97 Å². The van der Waals surface area contributed by atoms with Crippen LogP contribution in [0.15, 0.2) is 0 Å². The molecule has 114 valence electrons. The van der Waals surface area contributed by atoms with Gasteiger partial charge in [-0.1, -0.05) is 0 Å². The van der Waals surface area contributed by atoms with E-state index in [9.17, 15) is 14.7 Å². The smallest absolute Gasteiger partial charge is 0.308 e. The Hall–Kier alpha value is -1.14. The molecule has 2 saturated carbocycles. The molecular formula is C14H24N2O4. The highest BCUT2D eigenvalue weighted by atomic mass is 16.5. The number of methoxy groups -OCH3 is 1. The Balaban J connectivity index is 1.81. The molecule has 2 bridgehead atoms. The van der Waals surface area contributed by atoms with Gasteiger partial charge in [-0.2, -0.15) is 0 Å². The monoisotopic (exact) mass is 284 g/mol. The van der Waals surface area contributed by atoms with Crippen molar-refractivity contribution >= 4 is 11.9 Å². The summed E-state index contributed by atoms with van der Waals surface area (Å²) in [5, 5.41) is 15.3. The summed E-state index contributed by atoms with van der Waals surface area (Å²) in [4.78, 5) is 23.1. The third kappa shape index (κ3) is 3.30. The number of fused-ring (bicyclic) bond motifs is 2. The van der Waals surface area contributed by atoms with E-state index in [2.05, 4.69) is 10.6 Å². The first-order valence-electron chi connectivity index (χ1n) is 7.27. The predicted octanol–water partition coefficient (Wildman–Crippen LogP) is 0.226. The third-order valence-electron chi connectivity index (χ3n) is 4.52. The summed E-state index contributed by atoms with van der Waals surface area (Å²) in [6.45, 7) is 2.52. The van der Waals surface area contributed by atoms with Crippen LogP contribution in [0.4, 0.5) is 0 Å². The second-order valence-corrected chi connectivity index (χ2v) is 6.03. The summed E-state index contributed by atoms with van der Waals surface area (Å²) in [6.07, 6.45) is 3.07. The Morgan fingerprint density at radius 1 is 1.35 bits per heavy atom. The van der Waals surface area contributed by atoms with Crippen LogP contribution >= 0.6 is 0 Å². The lowest BCUT2D eigenvalue weighted by Crippen LogP contribution is -2.49. The zero-order chi connectivity index (χ0) is 14.7. The highest BCUT2D eigenvalue weighted by Gasteiger charge is 2.50. The van der Waals surface area contributed by atoms with Gasteiger partial charge in [0, 0.05) is 19.2 Å². The number of carboxylic acid groups (broad SMARTS) is 1. The highest BCUT2D eigenvalue weighted by Crippen LogP contribution is 2.48. The molecule has 2 aliphatic rings. The maximum atomic E-state index is 11.8. The number of nitrogens with one attached hydrogen (secondary N) is 2. The van der Waals surface area contributed by atoms with Crippen LogP contribution in [0.1, 0.15) is 26.2 Å². The van der Waals surface area contributed by atoms with Crippen molar-refractivity contribution < 1.29 is 19.4 Å². The van der Waals surface area contributed by atoms with Gasteiger partial charge < -0.3 is 20.5 Å². The average Bonchev–Trinajstić information content (AvgIpc) is 2.96. The molecule has 0 spiro atoms. The lowest BCUT2D eigenvalue weighted by atomic mass is 9.84. The van der Waals surface area contributed by atoms with E-state index in [1.807, 2.05) is 6.92 Å². The SMILES string of the molecule is COCC(C)NC(=O)CNC1C2CCC(C2)C1C(=O)O. The number of aliphatic carboxylic acids is 1. The van der Waals surface area contributed by atoms with Gasteiger partial charge in [0.2, 0.25) is 5.91 Å². The average molecular weight is 284 g/mol. The van der Waals surface area contributed by atoms with E-state index in [1.54, 1.807) is 7.11 Å². The lowest BCUT2D eigenvalue weighted by Gasteiger charge is -2.29. The number of hydrogen-bond acceptors (Lipinski definition) is 4. The van der Waals surface area contributed by atoms with Crippen LogP contribution in [0, 0.1) is 17.8 Å². The van der Waals surface area contributed by atoms with Gasteiger partial charge in [0.15, 0.2) is 0 Å². The lowest BCUT2D eigenvalue weighted by molar-refractivity contribution is -0.144. The maximum Gasteiger partial charge on any atom is 0.308 e. The Morgan fingerprint density at radius 3 is 2.70 bits per heavy atom. The van der Waals surface area contributed by atoms with Crippen LogP contribution in [0.2, 0.25) is 0 Å². The Bertz CT molecular complexity index is 374. The fourth-order valence-electron chi connectivity index (χ4n) is 3.77. The summed E-state index contributed by atoms with van der Waals surface area (Å²) in [6, 6.07) is -0.0978. The Morgan fingerprint density at radius 2 is 2.05 bits per heavy atom. The molecule has 5 atom stereocenters. The maximum absolute atomic E-state index is 11.8. The molecule has 0 saturated heterocycles. The van der Waals surface area contributed by atoms with Gasteiger partial charge in [-0.05, 0) is 38.0 Å². The zero-order valence-electron chi connectivity index (χ0n) is 12.1. The normalized spacial score (nSPS) is 33.1. The van der Waals surface area contributed by atoms with Crippen LogP contribution in [-0.2, 0) is 14.3 Å². The number of carbonyl (C=O) groups excluding carboxylic acids is 1. The molecule has 0 radical (unpaired) electrons. The first-order chi connectivity index (χ1) is 9.52. The van der Waals surface area contributed by atoms with Crippen molar-refractivity contribution in [2.45, 2.75) is 38.3 Å². The molecule has 1 amide bonds. The molecule has 2 fully saturated rings. The van der Waals surface area contributed by atoms with Crippen molar-refractivity contribution in [3.63, 3.8) is 0 Å². The first kappa shape index (κ1) is 15.3. The van der Waals surface area contributed by atoms with Crippen molar-refractivity contribution in [2.75, 3.05) is 20.3 Å². The molecular weight excluding hydrogens is 260 g/mol. The van der Waals surface area contributed by atoms with Crippen LogP contribution in [0.25, 0.3) is 0 Å². The fraction of sp³-hybridized carbons (Fsp3) is 0.857. The van der Waals surface area contributed by atoms with E-state index >= 15 is 0 Å². The van der Waals surface area contributed by atoms with Gasteiger partial charge in [0.1, 0.15) is 0 Å². The molecule has 0 aromatic carbocycles. The molecule has 5 unspecified atom stereocenters. The summed E-state index contributed by atoms with van der Waals surface area (Å²) >= 11 is 0. The van der Waals surface area contributed by atoms with Gasteiger partial charge in [-0.25, -0.2) is 0 Å². The second kappa shape index (κ2) is 6.54. The molecule has 0 aromatic rings. The van der Waals surface area contributed by atoms with Crippen LogP contribution in [-0.4, -0.2) is 49.3 Å². The number of carbonyl (C=O) groups is 2. The standard InChI is InChI=1S/C14H24N2O4/c1-8(7-20-2)16-11(17)6-15-13-10-4-3-9(5-10)12(13)14(18)19/h8-10,12-13,15H,3-7H2,1-2H3,(H,16,17)(H,18,19). The molecule has 0 heterocycles. The molecule has 0 aromatic heterocycles. The number of rotatable bonds is 7. The molecule has 6 nitrogen and oxygen atoms in total. The minimum Gasteiger partial charge on any atom is -0.481 e. The molecule has 2 aliphatic carbocycles. The van der Waals surface area contributed by atoms with Gasteiger partial charge >= 0.3 is 5.97 Å². The van der Waals surface area contributed by atoms with Gasteiger partial charge in [-0.3, -0.25) is 9.59 Å². The fourth-order valence-corrected chi connectivity index (χ4v) is 3.77. The van der Waals surface area contributed by atoms with E-state index in [-0.39, 0.29) is 36.4 Å². The molecule has 3 N–H and O–H groups in total. The quantitative estimate of drug-likeness (QED) is 0.623. The van der Waals surface area contributed by atoms with Gasteiger partial charge in [0.25, 0.3) is 0 Å². The largest absolute Gasteiger partial charge is 0.481 e. The van der Waals surface area contributed by atoms with Crippen molar-refractivity contribution in [2.24, 2.45) is 17.8 Å². The topological polar surface area (TPSA) is 87.7 Å². The van der Waals surface area contributed by atoms with Crippen LogP contribution in [0.3, 0.4) is 0 Å². The van der Waals surface area contributed by atoms with Crippen molar-refractivity contribution in [3.8, 4) is 0 Å². The molecule has 2 rings (SSSR count). The predicted molar refractivity (Wildman–Crippen MR) is 73.2 cm³/mol. The van der Waals surface area contributed by atoms with E-state index in [0.717, 1.165) is 19.3 Å². The van der Waals surface area contributed by atoms with Crippen molar-refractivity contribution in [1.29, 1.82) is 0 Å². The van der Waals surface area contributed by atoms with Gasteiger partial charge in [0.05, 0.1) is 19.1 Å². The number of amides is 1. The van der Waals surface area contributed by atoms with Crippen LogP contribution < -0.4 is 10.6 Å². The third-order valence-corrected chi connectivity index (χ3v) is 4.52. The summed E-state index contributed by atoms with van der Waals surface area (Å²) in [5.74, 6) is -0.488. The van der Waals surface area contributed by atoms with E-state index in [0.29, 0.717) is 12.5 Å². The number of hydrogen-bond donors (Lipinski definition) is 3. The van der Waals surface area contributed by atoms with E-state index in [4.69, 9.17) is 4.74 Å². The van der Waals surface area contributed by atoms with Crippen molar-refractivity contribution in [3.05, 3.63) is 0 Å². The minimum absolute atomic E-state index is 0.0374. The van der Waals surface area contributed by atoms with Gasteiger partial charge in [-0.15, -0.1) is 0 Å². The first-order valence-corrected chi connectivity index (χ1v) is 7.27. The molecule has 6 heteroatoms. The Kier molecular flexibility index (Phi) is 4.99. The molecule has 0 aliphatic heterocycles. The summed E-state index contributed by atoms with van der Waals surface area (Å²) in [7, 11) is 1.59. The minimum atomic E-state index is -0.733. The zero-order valence-corrected chi connectivity index (χ0v) is 12.1. The highest BCUT2D eigenvalue weighted by molar-refractivity contribution is 5.78. The van der Waals surface area contributed by atoms with Crippen molar-refractivity contribution in [1.82, 2.24) is 10.6 Å². The summed E-state index contributed by atoms with van der Waals surface area (Å²) < 4.78 is 4.96. The number of ether oxygens (including phenoxy) is 1. The number of carboxylic acids is 1.